The van der Waals surface area contributed by atoms with Crippen LogP contribution in [0.1, 0.15) is 5.56 Å². The fourth-order valence-electron chi connectivity index (χ4n) is 3.60. The number of amides is 2. The first-order chi connectivity index (χ1) is 14.5. The number of hydrogen-bond donors (Lipinski definition) is 1. The van der Waals surface area contributed by atoms with Gasteiger partial charge in [-0.3, -0.25) is 4.90 Å². The second-order valence-corrected chi connectivity index (χ2v) is 7.61. The molecule has 1 N–H and O–H groups in total. The molecule has 0 aromatic heterocycles. The minimum absolute atomic E-state index is 0.170. The Morgan fingerprint density at radius 1 is 0.967 bits per heavy atom. The summed E-state index contributed by atoms with van der Waals surface area (Å²) in [5.41, 5.74) is 3.03. The van der Waals surface area contributed by atoms with Crippen molar-refractivity contribution in [1.82, 2.24) is 9.80 Å². The number of carbonyl (C=O) groups is 1. The Bertz CT molecular complexity index is 998. The third-order valence-electron chi connectivity index (χ3n) is 5.39. The number of rotatable bonds is 5. The molecule has 1 fully saturated rings. The van der Waals surface area contributed by atoms with Gasteiger partial charge in [0, 0.05) is 38.4 Å². The van der Waals surface area contributed by atoms with Gasteiger partial charge in [0.05, 0.1) is 6.04 Å². The number of likely N-dealkylation sites (N-methyl/N-ethyl adjacent to an activating group) is 1. The van der Waals surface area contributed by atoms with Crippen LogP contribution in [0.4, 0.5) is 19.3 Å². The maximum absolute atomic E-state index is 13.4. The van der Waals surface area contributed by atoms with E-state index in [1.807, 2.05) is 18.2 Å². The van der Waals surface area contributed by atoms with E-state index in [4.69, 9.17) is 0 Å². The molecule has 0 radical (unpaired) electrons. The number of anilines is 1. The Hall–Kier alpha value is -3.25. The van der Waals surface area contributed by atoms with Crippen molar-refractivity contribution >= 4 is 11.7 Å². The van der Waals surface area contributed by atoms with Crippen LogP contribution in [-0.2, 0) is 6.54 Å². The van der Waals surface area contributed by atoms with E-state index >= 15 is 0 Å². The summed E-state index contributed by atoms with van der Waals surface area (Å²) in [6, 6.07) is 20.6. The Kier molecular flexibility index (Phi) is 5.77. The fraction of sp³-hybridized carbons (Fsp3) is 0.208. The van der Waals surface area contributed by atoms with Crippen LogP contribution >= 0.6 is 0 Å². The van der Waals surface area contributed by atoms with E-state index in [-0.39, 0.29) is 12.1 Å². The predicted molar refractivity (Wildman–Crippen MR) is 114 cm³/mol. The number of likely N-dealkylation sites (tertiary alicyclic amines) is 1. The second kappa shape index (κ2) is 8.63. The minimum Gasteiger partial charge on any atom is -0.322 e. The Labute approximate surface area is 174 Å². The van der Waals surface area contributed by atoms with E-state index in [0.29, 0.717) is 16.8 Å². The quantitative estimate of drug-likeness (QED) is 0.648. The molecular formula is C24H23F2N3O. The van der Waals surface area contributed by atoms with E-state index in [2.05, 4.69) is 22.3 Å². The molecule has 154 valence electrons. The lowest BCUT2D eigenvalue weighted by Gasteiger charge is -2.43. The van der Waals surface area contributed by atoms with Crippen molar-refractivity contribution in [2.24, 2.45) is 0 Å². The lowest BCUT2D eigenvalue weighted by atomic mass is 10.0. The summed E-state index contributed by atoms with van der Waals surface area (Å²) < 4.78 is 26.8. The number of nitrogens with zero attached hydrogens (tertiary/aromatic N) is 2. The summed E-state index contributed by atoms with van der Waals surface area (Å²) in [6.45, 7) is 2.56. The van der Waals surface area contributed by atoms with E-state index in [1.54, 1.807) is 36.2 Å². The minimum atomic E-state index is -0.620. The standard InChI is InChI=1S/C24H23F2N3O/c1-28(23-15-29(16-23)14-17-5-3-2-4-6-17)24(30)27-22-9-7-18(8-10-22)19-11-20(25)13-21(26)12-19/h2-13,23H,14-16H2,1H3,(H,27,30). The number of halogens is 2. The van der Waals surface area contributed by atoms with Crippen LogP contribution in [0.5, 0.6) is 0 Å². The Morgan fingerprint density at radius 3 is 2.23 bits per heavy atom. The molecule has 0 spiro atoms. The van der Waals surface area contributed by atoms with Gasteiger partial charge in [0.1, 0.15) is 11.6 Å². The molecule has 1 heterocycles. The SMILES string of the molecule is CN(C(=O)Nc1ccc(-c2cc(F)cc(F)c2)cc1)C1CN(Cc2ccccc2)C1. The molecule has 4 rings (SSSR count). The van der Waals surface area contributed by atoms with Gasteiger partial charge in [-0.2, -0.15) is 0 Å². The number of nitrogens with one attached hydrogen (secondary N) is 1. The monoisotopic (exact) mass is 407 g/mol. The van der Waals surface area contributed by atoms with Gasteiger partial charge >= 0.3 is 6.03 Å². The zero-order chi connectivity index (χ0) is 21.1. The van der Waals surface area contributed by atoms with Gasteiger partial charge in [0.2, 0.25) is 0 Å². The van der Waals surface area contributed by atoms with Crippen molar-refractivity contribution in [3.05, 3.63) is 90.0 Å². The number of urea groups is 1. The Morgan fingerprint density at radius 2 is 1.60 bits per heavy atom. The first-order valence-electron chi connectivity index (χ1n) is 9.84. The van der Waals surface area contributed by atoms with Crippen LogP contribution < -0.4 is 5.32 Å². The highest BCUT2D eigenvalue weighted by molar-refractivity contribution is 5.89. The lowest BCUT2D eigenvalue weighted by molar-refractivity contribution is 0.0639. The van der Waals surface area contributed by atoms with Gasteiger partial charge in [-0.1, -0.05) is 42.5 Å². The first kappa shape index (κ1) is 20.0. The summed E-state index contributed by atoms with van der Waals surface area (Å²) in [4.78, 5) is 16.6. The smallest absolute Gasteiger partial charge is 0.321 e. The summed E-state index contributed by atoms with van der Waals surface area (Å²) >= 11 is 0. The highest BCUT2D eigenvalue weighted by Crippen LogP contribution is 2.24. The normalized spacial score (nSPS) is 14.2. The molecule has 1 saturated heterocycles. The van der Waals surface area contributed by atoms with Crippen molar-refractivity contribution < 1.29 is 13.6 Å². The predicted octanol–water partition coefficient (Wildman–Crippen LogP) is 4.98. The maximum Gasteiger partial charge on any atom is 0.321 e. The van der Waals surface area contributed by atoms with Gasteiger partial charge in [-0.15, -0.1) is 0 Å². The summed E-state index contributed by atoms with van der Waals surface area (Å²) in [5, 5.41) is 2.88. The molecule has 6 heteroatoms. The van der Waals surface area contributed by atoms with Crippen molar-refractivity contribution in [3.8, 4) is 11.1 Å². The first-order valence-corrected chi connectivity index (χ1v) is 9.84. The highest BCUT2D eigenvalue weighted by atomic mass is 19.1. The zero-order valence-corrected chi connectivity index (χ0v) is 16.7. The average Bonchev–Trinajstić information content (AvgIpc) is 2.70. The maximum atomic E-state index is 13.4. The summed E-state index contributed by atoms with van der Waals surface area (Å²) in [6.07, 6.45) is 0. The fourth-order valence-corrected chi connectivity index (χ4v) is 3.60. The number of carbonyl (C=O) groups excluding carboxylic acids is 1. The molecule has 3 aromatic rings. The van der Waals surface area contributed by atoms with E-state index < -0.39 is 11.6 Å². The van der Waals surface area contributed by atoms with Crippen molar-refractivity contribution in [2.75, 3.05) is 25.5 Å². The molecule has 0 bridgehead atoms. The van der Waals surface area contributed by atoms with Gasteiger partial charge in [-0.05, 0) is 41.0 Å². The van der Waals surface area contributed by atoms with Crippen molar-refractivity contribution in [3.63, 3.8) is 0 Å². The average molecular weight is 407 g/mol. The summed E-state index contributed by atoms with van der Waals surface area (Å²) in [7, 11) is 1.80. The van der Waals surface area contributed by atoms with Crippen LogP contribution in [0.3, 0.4) is 0 Å². The largest absolute Gasteiger partial charge is 0.322 e. The molecule has 1 aliphatic rings. The Balaban J connectivity index is 1.30. The second-order valence-electron chi connectivity index (χ2n) is 7.61. The third-order valence-corrected chi connectivity index (χ3v) is 5.39. The highest BCUT2D eigenvalue weighted by Gasteiger charge is 2.32. The van der Waals surface area contributed by atoms with Gasteiger partial charge < -0.3 is 10.2 Å². The molecule has 30 heavy (non-hydrogen) atoms. The van der Waals surface area contributed by atoms with Crippen molar-refractivity contribution in [2.45, 2.75) is 12.6 Å². The van der Waals surface area contributed by atoms with E-state index in [1.165, 1.54) is 17.7 Å². The van der Waals surface area contributed by atoms with Gasteiger partial charge in [0.25, 0.3) is 0 Å². The molecule has 0 saturated carbocycles. The molecular weight excluding hydrogens is 384 g/mol. The summed E-state index contributed by atoms with van der Waals surface area (Å²) in [5.74, 6) is -1.24. The van der Waals surface area contributed by atoms with Crippen LogP contribution in [0, 0.1) is 11.6 Å². The number of hydrogen-bond acceptors (Lipinski definition) is 2. The molecule has 2 amide bonds. The van der Waals surface area contributed by atoms with Crippen molar-refractivity contribution in [1.29, 1.82) is 0 Å². The topological polar surface area (TPSA) is 35.6 Å². The lowest BCUT2D eigenvalue weighted by Crippen LogP contribution is -2.59. The van der Waals surface area contributed by atoms with E-state index in [0.717, 1.165) is 25.7 Å². The molecule has 0 atom stereocenters. The zero-order valence-electron chi connectivity index (χ0n) is 16.7. The molecule has 0 aliphatic carbocycles. The molecule has 1 aliphatic heterocycles. The number of benzene rings is 3. The van der Waals surface area contributed by atoms with Crippen LogP contribution in [0.2, 0.25) is 0 Å². The van der Waals surface area contributed by atoms with Crippen LogP contribution in [0.25, 0.3) is 11.1 Å². The molecule has 0 unspecified atom stereocenters. The molecule has 4 nitrogen and oxygen atoms in total. The van der Waals surface area contributed by atoms with E-state index in [9.17, 15) is 13.6 Å². The van der Waals surface area contributed by atoms with Gasteiger partial charge in [0.15, 0.2) is 0 Å². The third kappa shape index (κ3) is 4.66. The van der Waals surface area contributed by atoms with Gasteiger partial charge in [-0.25, -0.2) is 13.6 Å². The van der Waals surface area contributed by atoms with Crippen LogP contribution in [0.15, 0.2) is 72.8 Å². The van der Waals surface area contributed by atoms with Crippen LogP contribution in [-0.4, -0.2) is 42.0 Å². The molecule has 3 aromatic carbocycles.